The number of nitrogens with zero attached hydrogens (tertiary/aromatic N) is 1. The molecule has 0 aliphatic rings. The van der Waals surface area contributed by atoms with Gasteiger partial charge in [-0.1, -0.05) is 35.9 Å². The minimum Gasteiger partial charge on any atom is -0.460 e. The van der Waals surface area contributed by atoms with Crippen LogP contribution in [0.25, 0.3) is 6.08 Å². The largest absolute Gasteiger partial charge is 0.460 e. The van der Waals surface area contributed by atoms with Crippen LogP contribution in [0.4, 0.5) is 5.69 Å². The second-order valence-electron chi connectivity index (χ2n) is 6.43. The second kappa shape index (κ2) is 9.22. The molecule has 0 saturated carbocycles. The fourth-order valence-corrected chi connectivity index (χ4v) is 3.54. The highest BCUT2D eigenvalue weighted by atomic mass is 32.2. The Labute approximate surface area is 174 Å². The van der Waals surface area contributed by atoms with E-state index in [-0.39, 0.29) is 22.8 Å². The number of carbonyl (C=O) groups excluding carboxylic acids is 1. The van der Waals surface area contributed by atoms with E-state index < -0.39 is 15.9 Å². The number of carbonyl (C=O) groups is 1. The summed E-state index contributed by atoms with van der Waals surface area (Å²) in [6.45, 7) is 1.81. The van der Waals surface area contributed by atoms with Crippen LogP contribution in [0.5, 0.6) is 0 Å². The predicted molar refractivity (Wildman–Crippen MR) is 113 cm³/mol. The molecule has 0 unspecified atom stereocenters. The molecule has 152 valence electrons. The van der Waals surface area contributed by atoms with E-state index in [1.54, 1.807) is 48.5 Å². The van der Waals surface area contributed by atoms with Gasteiger partial charge in [0.2, 0.25) is 10.0 Å². The number of anilines is 1. The summed E-state index contributed by atoms with van der Waals surface area (Å²) >= 11 is 0. The molecule has 3 rings (SSSR count). The third kappa shape index (κ3) is 5.44. The molecule has 2 N–H and O–H groups in total. The Morgan fingerprint density at radius 3 is 2.43 bits per heavy atom. The zero-order valence-corrected chi connectivity index (χ0v) is 16.9. The van der Waals surface area contributed by atoms with Gasteiger partial charge in [0, 0.05) is 11.8 Å². The van der Waals surface area contributed by atoms with Crippen LogP contribution in [0.15, 0.2) is 81.6 Å². The minimum atomic E-state index is -3.68. The molecule has 0 atom stereocenters. The summed E-state index contributed by atoms with van der Waals surface area (Å²) in [7, 11) is -3.68. The molecule has 0 bridgehead atoms. The van der Waals surface area contributed by atoms with Crippen molar-refractivity contribution >= 4 is 27.7 Å². The number of amides is 1. The monoisotopic (exact) mass is 421 g/mol. The topological polar surface area (TPSA) is 112 Å². The van der Waals surface area contributed by atoms with Crippen LogP contribution < -0.4 is 10.0 Å². The molecule has 1 amide bonds. The van der Waals surface area contributed by atoms with Gasteiger partial charge in [-0.25, -0.2) is 13.1 Å². The fraction of sp³-hybridized carbons (Fsp3) is 0.0909. The number of hydrogen-bond acceptors (Lipinski definition) is 5. The highest BCUT2D eigenvalue weighted by molar-refractivity contribution is 7.89. The quantitative estimate of drug-likeness (QED) is 0.447. The van der Waals surface area contributed by atoms with Crippen LogP contribution in [-0.2, 0) is 21.4 Å². The Kier molecular flexibility index (Phi) is 6.47. The molecule has 2 aromatic carbocycles. The van der Waals surface area contributed by atoms with Crippen molar-refractivity contribution in [1.29, 1.82) is 5.26 Å². The van der Waals surface area contributed by atoms with Gasteiger partial charge in [0.05, 0.1) is 11.4 Å². The molecule has 7 nitrogen and oxygen atoms in total. The second-order valence-corrected chi connectivity index (χ2v) is 8.20. The minimum absolute atomic E-state index is 0.0673. The SMILES string of the molecule is Cc1ccc(S(=O)(=O)NCc2ccc(/C=C(/C#N)C(=O)Nc3ccccc3)o2)cc1. The van der Waals surface area contributed by atoms with E-state index in [1.807, 2.05) is 19.1 Å². The maximum Gasteiger partial charge on any atom is 0.266 e. The van der Waals surface area contributed by atoms with Gasteiger partial charge in [-0.2, -0.15) is 5.26 Å². The predicted octanol–water partition coefficient (Wildman–Crippen LogP) is 3.61. The Bertz CT molecular complexity index is 1210. The third-order valence-electron chi connectivity index (χ3n) is 4.13. The summed E-state index contributed by atoms with van der Waals surface area (Å²) in [5.74, 6) is 0.0405. The van der Waals surface area contributed by atoms with Crippen molar-refractivity contribution in [2.75, 3.05) is 5.32 Å². The van der Waals surface area contributed by atoms with Crippen LogP contribution >= 0.6 is 0 Å². The zero-order valence-electron chi connectivity index (χ0n) is 16.1. The Balaban J connectivity index is 1.67. The number of rotatable bonds is 7. The number of aryl methyl sites for hydroxylation is 1. The lowest BCUT2D eigenvalue weighted by Crippen LogP contribution is -2.22. The summed E-state index contributed by atoms with van der Waals surface area (Å²) in [5.41, 5.74) is 1.38. The van der Waals surface area contributed by atoms with E-state index in [0.29, 0.717) is 11.4 Å². The molecule has 0 fully saturated rings. The number of hydrogen-bond donors (Lipinski definition) is 2. The maximum atomic E-state index is 12.3. The van der Waals surface area contributed by atoms with Crippen molar-refractivity contribution in [2.45, 2.75) is 18.4 Å². The summed E-state index contributed by atoms with van der Waals surface area (Å²) in [6.07, 6.45) is 1.30. The molecular formula is C22H19N3O4S. The van der Waals surface area contributed by atoms with Crippen molar-refractivity contribution in [3.63, 3.8) is 0 Å². The lowest BCUT2D eigenvalue weighted by molar-refractivity contribution is -0.112. The summed E-state index contributed by atoms with van der Waals surface area (Å²) in [5, 5.41) is 11.9. The average Bonchev–Trinajstić information content (AvgIpc) is 3.19. The third-order valence-corrected chi connectivity index (χ3v) is 5.55. The molecule has 0 aliphatic carbocycles. The van der Waals surface area contributed by atoms with E-state index in [0.717, 1.165) is 5.56 Å². The van der Waals surface area contributed by atoms with Gasteiger partial charge in [-0.05, 0) is 43.3 Å². The molecule has 0 aliphatic heterocycles. The molecule has 30 heavy (non-hydrogen) atoms. The van der Waals surface area contributed by atoms with Gasteiger partial charge in [-0.15, -0.1) is 0 Å². The van der Waals surface area contributed by atoms with Crippen molar-refractivity contribution in [1.82, 2.24) is 4.72 Å². The van der Waals surface area contributed by atoms with Crippen LogP contribution in [0.2, 0.25) is 0 Å². The van der Waals surface area contributed by atoms with Crippen molar-refractivity contribution < 1.29 is 17.6 Å². The first-order valence-electron chi connectivity index (χ1n) is 9.00. The highest BCUT2D eigenvalue weighted by Crippen LogP contribution is 2.15. The van der Waals surface area contributed by atoms with Gasteiger partial charge < -0.3 is 9.73 Å². The molecule has 0 saturated heterocycles. The molecule has 1 aromatic heterocycles. The smallest absolute Gasteiger partial charge is 0.266 e. The lowest BCUT2D eigenvalue weighted by Gasteiger charge is -2.05. The molecule has 8 heteroatoms. The van der Waals surface area contributed by atoms with E-state index in [1.165, 1.54) is 18.2 Å². The normalized spacial score (nSPS) is 11.7. The Morgan fingerprint density at radius 1 is 1.07 bits per heavy atom. The van der Waals surface area contributed by atoms with E-state index in [9.17, 15) is 18.5 Å². The van der Waals surface area contributed by atoms with Crippen LogP contribution in [0.1, 0.15) is 17.1 Å². The molecular weight excluding hydrogens is 402 g/mol. The van der Waals surface area contributed by atoms with Gasteiger partial charge in [-0.3, -0.25) is 4.79 Å². The van der Waals surface area contributed by atoms with Crippen molar-refractivity contribution in [2.24, 2.45) is 0 Å². The molecule has 1 heterocycles. The first-order chi connectivity index (χ1) is 14.4. The van der Waals surface area contributed by atoms with Crippen LogP contribution in [0.3, 0.4) is 0 Å². The lowest BCUT2D eigenvalue weighted by atomic mass is 10.2. The first-order valence-corrected chi connectivity index (χ1v) is 10.5. The van der Waals surface area contributed by atoms with Crippen molar-refractivity contribution in [3.05, 3.63) is 89.4 Å². The fourth-order valence-electron chi connectivity index (χ4n) is 2.54. The molecule has 0 radical (unpaired) electrons. The van der Waals surface area contributed by atoms with Gasteiger partial charge in [0.15, 0.2) is 0 Å². The number of furan rings is 1. The van der Waals surface area contributed by atoms with Gasteiger partial charge in [0.1, 0.15) is 23.2 Å². The van der Waals surface area contributed by atoms with Crippen LogP contribution in [0, 0.1) is 18.3 Å². The van der Waals surface area contributed by atoms with Gasteiger partial charge >= 0.3 is 0 Å². The average molecular weight is 421 g/mol. The van der Waals surface area contributed by atoms with E-state index in [4.69, 9.17) is 4.42 Å². The summed E-state index contributed by atoms with van der Waals surface area (Å²) < 4.78 is 32.7. The van der Waals surface area contributed by atoms with E-state index in [2.05, 4.69) is 10.0 Å². The molecule has 3 aromatic rings. The Hall–Kier alpha value is -3.67. The van der Waals surface area contributed by atoms with Gasteiger partial charge in [0.25, 0.3) is 5.91 Å². The van der Waals surface area contributed by atoms with Crippen LogP contribution in [-0.4, -0.2) is 14.3 Å². The summed E-state index contributed by atoms with van der Waals surface area (Å²) in [4.78, 5) is 12.4. The van der Waals surface area contributed by atoms with Crippen molar-refractivity contribution in [3.8, 4) is 6.07 Å². The first kappa shape index (κ1) is 21.0. The maximum absolute atomic E-state index is 12.3. The number of para-hydroxylation sites is 1. The molecule has 0 spiro atoms. The number of benzene rings is 2. The Morgan fingerprint density at radius 2 is 1.77 bits per heavy atom. The highest BCUT2D eigenvalue weighted by Gasteiger charge is 2.15. The van der Waals surface area contributed by atoms with E-state index >= 15 is 0 Å². The number of nitriles is 1. The number of nitrogens with one attached hydrogen (secondary N) is 2. The standard InChI is InChI=1S/C22H19N3O4S/c1-16-7-11-21(12-8-16)30(27,28)24-15-20-10-9-19(29-20)13-17(14-23)22(26)25-18-5-3-2-4-6-18/h2-13,24H,15H2,1H3,(H,25,26)/b17-13-. The number of sulfonamides is 1. The summed E-state index contributed by atoms with van der Waals surface area (Å²) in [6, 6.07) is 20.2. The zero-order chi connectivity index (χ0) is 21.6.